The molecule has 5 rings (SSSR count). The minimum Gasteiger partial charge on any atom is -0.488 e. The Morgan fingerprint density at radius 1 is 0.972 bits per heavy atom. The van der Waals surface area contributed by atoms with Crippen molar-refractivity contribution < 1.29 is 9.53 Å². The summed E-state index contributed by atoms with van der Waals surface area (Å²) in [5.74, 6) is 0.694. The molecule has 1 heterocycles. The van der Waals surface area contributed by atoms with Gasteiger partial charge in [0.05, 0.1) is 10.6 Å². The molecule has 7 heteroatoms. The van der Waals surface area contributed by atoms with Crippen LogP contribution in [0.2, 0.25) is 10.0 Å². The standard InChI is InChI=1S/C29H26Cl2N2O2S/c30-22-16-15-21(25(31)18-22)19-35-26-14-8-7-9-20(26)17-27-28(34)33(24-12-5-2-6-13-24)29(36-27)32-23-10-3-1-4-11-23/h1,3-4,7-11,14-18,24H,2,5-6,12-13,19H2/b27-17-,32-29?. The number of para-hydroxylation sites is 2. The van der Waals surface area contributed by atoms with Crippen LogP contribution in [0.1, 0.15) is 43.2 Å². The molecule has 0 atom stereocenters. The van der Waals surface area contributed by atoms with Crippen LogP contribution in [-0.2, 0) is 11.4 Å². The molecule has 2 aliphatic rings. The zero-order valence-corrected chi connectivity index (χ0v) is 22.0. The molecule has 1 saturated heterocycles. The van der Waals surface area contributed by atoms with Gasteiger partial charge in [-0.3, -0.25) is 9.69 Å². The fourth-order valence-corrected chi connectivity index (χ4v) is 6.02. The number of amides is 1. The number of amidine groups is 1. The fraction of sp³-hybridized carbons (Fsp3) is 0.241. The minimum atomic E-state index is 0.0112. The van der Waals surface area contributed by atoms with E-state index < -0.39 is 0 Å². The highest BCUT2D eigenvalue weighted by molar-refractivity contribution is 8.18. The molecule has 0 unspecified atom stereocenters. The maximum atomic E-state index is 13.7. The van der Waals surface area contributed by atoms with Gasteiger partial charge < -0.3 is 4.74 Å². The van der Waals surface area contributed by atoms with Gasteiger partial charge in [-0.05, 0) is 61.0 Å². The molecule has 36 heavy (non-hydrogen) atoms. The minimum absolute atomic E-state index is 0.0112. The third kappa shape index (κ3) is 5.80. The molecule has 1 aliphatic carbocycles. The third-order valence-electron chi connectivity index (χ3n) is 6.36. The first kappa shape index (κ1) is 24.9. The largest absolute Gasteiger partial charge is 0.488 e. The third-order valence-corrected chi connectivity index (χ3v) is 7.93. The van der Waals surface area contributed by atoms with Crippen molar-refractivity contribution in [2.45, 2.75) is 44.8 Å². The molecule has 0 aromatic heterocycles. The number of halogens is 2. The highest BCUT2D eigenvalue weighted by atomic mass is 35.5. The Morgan fingerprint density at radius 2 is 1.72 bits per heavy atom. The van der Waals surface area contributed by atoms with Gasteiger partial charge in [-0.1, -0.05) is 84.9 Å². The van der Waals surface area contributed by atoms with Crippen LogP contribution in [0.25, 0.3) is 6.08 Å². The van der Waals surface area contributed by atoms with Crippen LogP contribution in [0.3, 0.4) is 0 Å². The Balaban J connectivity index is 1.43. The number of benzene rings is 3. The summed E-state index contributed by atoms with van der Waals surface area (Å²) in [5, 5.41) is 1.89. The Labute approximate surface area is 226 Å². The highest BCUT2D eigenvalue weighted by Gasteiger charge is 2.38. The van der Waals surface area contributed by atoms with E-state index in [2.05, 4.69) is 0 Å². The number of carbonyl (C=O) groups is 1. The number of hydrogen-bond acceptors (Lipinski definition) is 4. The summed E-state index contributed by atoms with van der Waals surface area (Å²) in [6.07, 6.45) is 7.43. The van der Waals surface area contributed by atoms with E-state index in [4.69, 9.17) is 32.9 Å². The van der Waals surface area contributed by atoms with Crippen molar-refractivity contribution in [3.8, 4) is 5.75 Å². The van der Waals surface area contributed by atoms with Crippen LogP contribution in [0.5, 0.6) is 5.75 Å². The summed E-state index contributed by atoms with van der Waals surface area (Å²) in [7, 11) is 0. The fourth-order valence-electron chi connectivity index (χ4n) is 4.51. The van der Waals surface area contributed by atoms with E-state index >= 15 is 0 Å². The molecule has 0 bridgehead atoms. The smallest absolute Gasteiger partial charge is 0.267 e. The summed E-state index contributed by atoms with van der Waals surface area (Å²) >= 11 is 13.8. The second-order valence-corrected chi connectivity index (χ2v) is 10.7. The molecular weight excluding hydrogens is 511 g/mol. The average Bonchev–Trinajstić information content (AvgIpc) is 3.19. The quantitative estimate of drug-likeness (QED) is 0.296. The first-order valence-corrected chi connectivity index (χ1v) is 13.7. The van der Waals surface area contributed by atoms with Gasteiger partial charge >= 0.3 is 0 Å². The van der Waals surface area contributed by atoms with Crippen molar-refractivity contribution in [1.82, 2.24) is 4.90 Å². The predicted octanol–water partition coefficient (Wildman–Crippen LogP) is 8.51. The summed E-state index contributed by atoms with van der Waals surface area (Å²) in [5.41, 5.74) is 2.53. The summed E-state index contributed by atoms with van der Waals surface area (Å²) < 4.78 is 6.12. The molecule has 1 amide bonds. The van der Waals surface area contributed by atoms with Gasteiger partial charge in [0.1, 0.15) is 12.4 Å². The normalized spacial score (nSPS) is 18.8. The van der Waals surface area contributed by atoms with Crippen LogP contribution in [0, 0.1) is 0 Å². The van der Waals surface area contributed by atoms with Gasteiger partial charge in [-0.25, -0.2) is 4.99 Å². The van der Waals surface area contributed by atoms with Crippen molar-refractivity contribution in [3.63, 3.8) is 0 Å². The molecule has 3 aromatic carbocycles. The predicted molar refractivity (Wildman–Crippen MR) is 150 cm³/mol. The van der Waals surface area contributed by atoms with Gasteiger partial charge in [-0.15, -0.1) is 0 Å². The van der Waals surface area contributed by atoms with Gasteiger partial charge in [0.15, 0.2) is 5.17 Å². The topological polar surface area (TPSA) is 41.9 Å². The maximum Gasteiger partial charge on any atom is 0.267 e. The Hall–Kier alpha value is -2.73. The van der Waals surface area contributed by atoms with Crippen molar-refractivity contribution in [1.29, 1.82) is 0 Å². The Bertz CT molecular complexity index is 1300. The van der Waals surface area contributed by atoms with E-state index in [9.17, 15) is 4.79 Å². The molecule has 2 fully saturated rings. The van der Waals surface area contributed by atoms with E-state index in [1.54, 1.807) is 12.1 Å². The summed E-state index contributed by atoms with van der Waals surface area (Å²) in [6.45, 7) is 0.298. The molecule has 0 spiro atoms. The second-order valence-electron chi connectivity index (χ2n) is 8.87. The number of rotatable bonds is 6. The zero-order valence-electron chi connectivity index (χ0n) is 19.7. The number of hydrogen-bond donors (Lipinski definition) is 0. The number of ether oxygens (including phenoxy) is 1. The van der Waals surface area contributed by atoms with Crippen molar-refractivity contribution in [2.75, 3.05) is 0 Å². The van der Waals surface area contributed by atoms with Crippen LogP contribution in [0.15, 0.2) is 82.7 Å². The molecule has 4 nitrogen and oxygen atoms in total. The van der Waals surface area contributed by atoms with E-state index in [0.717, 1.165) is 47.7 Å². The Morgan fingerprint density at radius 3 is 2.50 bits per heavy atom. The molecule has 3 aromatic rings. The molecular formula is C29H26Cl2N2O2S. The van der Waals surface area contributed by atoms with E-state index in [1.807, 2.05) is 71.6 Å². The average molecular weight is 538 g/mol. The van der Waals surface area contributed by atoms with Crippen LogP contribution >= 0.6 is 35.0 Å². The molecule has 0 radical (unpaired) electrons. The van der Waals surface area contributed by atoms with E-state index in [-0.39, 0.29) is 11.9 Å². The highest BCUT2D eigenvalue weighted by Crippen LogP contribution is 2.39. The van der Waals surface area contributed by atoms with E-state index in [1.165, 1.54) is 18.2 Å². The van der Waals surface area contributed by atoms with Gasteiger partial charge in [-0.2, -0.15) is 0 Å². The SMILES string of the molecule is O=C1/C(=C/c2ccccc2OCc2ccc(Cl)cc2Cl)SC(=Nc2ccccc2)N1C1CCCCC1. The zero-order chi connectivity index (χ0) is 24.9. The number of nitrogens with zero attached hydrogens (tertiary/aromatic N) is 2. The monoisotopic (exact) mass is 536 g/mol. The molecule has 1 aliphatic heterocycles. The van der Waals surface area contributed by atoms with Gasteiger partial charge in [0.2, 0.25) is 0 Å². The lowest BCUT2D eigenvalue weighted by molar-refractivity contribution is -0.124. The lowest BCUT2D eigenvalue weighted by Crippen LogP contribution is -2.40. The first-order valence-electron chi connectivity index (χ1n) is 12.1. The van der Waals surface area contributed by atoms with Crippen LogP contribution in [0.4, 0.5) is 5.69 Å². The number of carbonyl (C=O) groups excluding carboxylic acids is 1. The molecule has 0 N–H and O–H groups in total. The van der Waals surface area contributed by atoms with Crippen LogP contribution < -0.4 is 4.74 Å². The van der Waals surface area contributed by atoms with Crippen molar-refractivity contribution >= 4 is 57.8 Å². The second kappa shape index (κ2) is 11.5. The lowest BCUT2D eigenvalue weighted by Gasteiger charge is -2.30. The van der Waals surface area contributed by atoms with Crippen molar-refractivity contribution in [2.24, 2.45) is 4.99 Å². The van der Waals surface area contributed by atoms with Crippen LogP contribution in [-0.4, -0.2) is 22.0 Å². The maximum absolute atomic E-state index is 13.7. The van der Waals surface area contributed by atoms with E-state index in [0.29, 0.717) is 27.3 Å². The van der Waals surface area contributed by atoms with Gasteiger partial charge in [0.25, 0.3) is 5.91 Å². The summed E-state index contributed by atoms with van der Waals surface area (Å²) in [6, 6.07) is 23.1. The van der Waals surface area contributed by atoms with Crippen molar-refractivity contribution in [3.05, 3.63) is 98.9 Å². The first-order chi connectivity index (χ1) is 17.6. The molecule has 184 valence electrons. The Kier molecular flexibility index (Phi) is 8.00. The number of thioether (sulfide) groups is 1. The van der Waals surface area contributed by atoms with Gasteiger partial charge in [0, 0.05) is 27.2 Å². The summed E-state index contributed by atoms with van der Waals surface area (Å²) in [4.78, 5) is 21.1. The molecule has 1 saturated carbocycles. The lowest BCUT2D eigenvalue weighted by atomic mass is 9.94. The number of aliphatic imine (C=N–C) groups is 1.